The van der Waals surface area contributed by atoms with Crippen LogP contribution in [0.3, 0.4) is 0 Å². The minimum atomic E-state index is -4.63. The van der Waals surface area contributed by atoms with Crippen LogP contribution in [0.15, 0.2) is 78.8 Å². The van der Waals surface area contributed by atoms with Crippen molar-refractivity contribution in [3.8, 4) is 11.3 Å². The molecule has 4 aromatic carbocycles. The summed E-state index contributed by atoms with van der Waals surface area (Å²) in [7, 11) is 0. The number of halogens is 3. The van der Waals surface area contributed by atoms with Crippen molar-refractivity contribution in [2.75, 3.05) is 0 Å². The summed E-state index contributed by atoms with van der Waals surface area (Å²) < 4.78 is 67.3. The smallest absolute Gasteiger partial charge is 0.419 e. The molecule has 1 heterocycles. The Bertz CT molecular complexity index is 2070. The van der Waals surface area contributed by atoms with E-state index in [4.69, 9.17) is 4.11 Å². The molecule has 8 heteroatoms. The predicted octanol–water partition coefficient (Wildman–Crippen LogP) is 11.6. The summed E-state index contributed by atoms with van der Waals surface area (Å²) in [5.41, 5.74) is 0.00701. The number of allylic oxidation sites excluding steroid dienone is 2. The van der Waals surface area contributed by atoms with Gasteiger partial charge in [-0.1, -0.05) is 108 Å². The summed E-state index contributed by atoms with van der Waals surface area (Å²) in [5.74, 6) is 0.547. The molecule has 48 heavy (non-hydrogen) atoms. The van der Waals surface area contributed by atoms with Gasteiger partial charge in [-0.25, -0.2) is 4.98 Å². The SMILES string of the molecule is CCC(CC)C(=O)/C=C(\O)C(CC)CC.[2H]c1cc2c(C(C)(C)C)cc(-c3ncnc4c(C(F)(F)F)c5ccccc5cc34)[c-]c2c([2H])c1[2H].[Ir]. The molecular formula is C40H44F3IrN2O2-. The molecule has 0 saturated carbocycles. The third-order valence-electron chi connectivity index (χ3n) is 8.66. The van der Waals surface area contributed by atoms with Crippen LogP contribution in [0.1, 0.15) is 89.4 Å². The van der Waals surface area contributed by atoms with E-state index in [0.29, 0.717) is 21.7 Å². The number of aliphatic hydroxyl groups excluding tert-OH is 1. The van der Waals surface area contributed by atoms with E-state index in [0.717, 1.165) is 37.6 Å². The molecule has 1 N–H and O–H groups in total. The Morgan fingerprint density at radius 3 is 2.17 bits per heavy atom. The molecule has 0 amide bonds. The number of hydrogen-bond acceptors (Lipinski definition) is 4. The van der Waals surface area contributed by atoms with E-state index >= 15 is 0 Å². The van der Waals surface area contributed by atoms with Gasteiger partial charge in [-0.15, -0.1) is 29.1 Å². The Balaban J connectivity index is 0.000000374. The van der Waals surface area contributed by atoms with Gasteiger partial charge in [-0.05, 0) is 47.3 Å². The molecule has 257 valence electrons. The molecule has 4 nitrogen and oxygen atoms in total. The van der Waals surface area contributed by atoms with Crippen molar-refractivity contribution in [2.45, 2.75) is 85.7 Å². The van der Waals surface area contributed by atoms with Crippen molar-refractivity contribution in [1.82, 2.24) is 9.97 Å². The summed E-state index contributed by atoms with van der Waals surface area (Å²) in [6.07, 6.45) is 1.39. The largest absolute Gasteiger partial charge is 0.512 e. The standard InChI is InChI=1S/C27H20F3N2.C13H24O2.Ir/c1-26(2,3)22-14-18(12-16-8-4-6-10-19(16)22)24-21-13-17-9-5-7-11-20(17)23(27(28,29)30)25(21)32-15-31-24;1-5-10(6-2)12(14)9-13(15)11(7-3)8-4;/h4-11,13-15H,1-3H3;9-11,14H,5-8H2,1-4H3;/q-1;;/b;12-9-;/i4D,6D,8D;;. The van der Waals surface area contributed by atoms with Gasteiger partial charge in [0, 0.05) is 45.1 Å². The molecule has 0 bridgehead atoms. The van der Waals surface area contributed by atoms with Crippen molar-refractivity contribution in [2.24, 2.45) is 11.8 Å². The first-order valence-corrected chi connectivity index (χ1v) is 16.1. The van der Waals surface area contributed by atoms with Gasteiger partial charge in [0.05, 0.1) is 19.6 Å². The zero-order valence-corrected chi connectivity index (χ0v) is 30.8. The molecule has 0 unspecified atom stereocenters. The molecule has 5 rings (SSSR count). The molecule has 1 aromatic heterocycles. The maximum absolute atomic E-state index is 14.2. The van der Waals surface area contributed by atoms with E-state index < -0.39 is 17.2 Å². The van der Waals surface area contributed by atoms with Crippen molar-refractivity contribution in [1.29, 1.82) is 0 Å². The number of fused-ring (bicyclic) bond motifs is 3. The number of aliphatic hydroxyl groups is 1. The van der Waals surface area contributed by atoms with E-state index in [-0.39, 0.29) is 83.6 Å². The predicted molar refractivity (Wildman–Crippen MR) is 186 cm³/mol. The van der Waals surface area contributed by atoms with Gasteiger partial charge in [0.25, 0.3) is 0 Å². The second-order valence-corrected chi connectivity index (χ2v) is 12.8. The molecule has 0 aliphatic rings. The minimum Gasteiger partial charge on any atom is -0.512 e. The number of nitrogens with zero attached hydrogens (tertiary/aromatic N) is 2. The van der Waals surface area contributed by atoms with Crippen LogP contribution >= 0.6 is 0 Å². The van der Waals surface area contributed by atoms with E-state index in [1.54, 1.807) is 36.4 Å². The normalized spacial score (nSPS) is 13.2. The third-order valence-corrected chi connectivity index (χ3v) is 8.66. The molecule has 5 aromatic rings. The van der Waals surface area contributed by atoms with E-state index in [9.17, 15) is 23.1 Å². The third kappa shape index (κ3) is 8.51. The number of aromatic nitrogens is 2. The Morgan fingerprint density at radius 1 is 0.917 bits per heavy atom. The van der Waals surface area contributed by atoms with Crippen molar-refractivity contribution in [3.05, 3.63) is 95.9 Å². The molecule has 0 spiro atoms. The molecule has 0 fully saturated rings. The van der Waals surface area contributed by atoms with Crippen LogP contribution in [0.25, 0.3) is 43.7 Å². The first-order valence-electron chi connectivity index (χ1n) is 17.6. The molecule has 0 atom stereocenters. The van der Waals surface area contributed by atoms with Crippen LogP contribution in [0.2, 0.25) is 0 Å². The van der Waals surface area contributed by atoms with Crippen molar-refractivity contribution >= 4 is 38.2 Å². The van der Waals surface area contributed by atoms with Gasteiger partial charge in [-0.3, -0.25) is 9.78 Å². The van der Waals surface area contributed by atoms with Gasteiger partial charge in [0.15, 0.2) is 5.78 Å². The van der Waals surface area contributed by atoms with Gasteiger partial charge in [-0.2, -0.15) is 13.2 Å². The Hall–Kier alpha value is -3.61. The summed E-state index contributed by atoms with van der Waals surface area (Å²) in [6.45, 7) is 14.0. The van der Waals surface area contributed by atoms with Gasteiger partial charge >= 0.3 is 6.18 Å². The molecule has 0 aliphatic heterocycles. The number of carbonyl (C=O) groups excluding carboxylic acids is 1. The van der Waals surface area contributed by atoms with Gasteiger partial charge < -0.3 is 5.11 Å². The first-order chi connectivity index (χ1) is 23.5. The van der Waals surface area contributed by atoms with E-state index in [2.05, 4.69) is 16.0 Å². The summed E-state index contributed by atoms with van der Waals surface area (Å²) in [4.78, 5) is 20.1. The van der Waals surface area contributed by atoms with Crippen LogP contribution in [0.4, 0.5) is 13.2 Å². The number of rotatable bonds is 8. The zero-order chi connectivity index (χ0) is 37.1. The minimum absolute atomic E-state index is 0. The number of hydrogen-bond donors (Lipinski definition) is 1. The Kier molecular flexibility index (Phi) is 11.6. The molecule has 1 radical (unpaired) electrons. The summed E-state index contributed by atoms with van der Waals surface area (Å²) in [6, 6.07) is 14.0. The molecular weight excluding hydrogens is 790 g/mol. The second-order valence-electron chi connectivity index (χ2n) is 12.8. The number of ketones is 1. The molecule has 0 aliphatic carbocycles. The number of alkyl halides is 3. The van der Waals surface area contributed by atoms with Crippen molar-refractivity contribution in [3.63, 3.8) is 0 Å². The zero-order valence-electron chi connectivity index (χ0n) is 31.4. The molecule has 0 saturated heterocycles. The van der Waals surface area contributed by atoms with Crippen LogP contribution in [-0.4, -0.2) is 20.9 Å². The van der Waals surface area contributed by atoms with E-state index in [1.807, 2.05) is 48.5 Å². The maximum Gasteiger partial charge on any atom is 0.419 e. The van der Waals surface area contributed by atoms with E-state index in [1.165, 1.54) is 12.1 Å². The average molecular weight is 837 g/mol. The van der Waals surface area contributed by atoms with Gasteiger partial charge in [0.1, 0.15) is 6.33 Å². The summed E-state index contributed by atoms with van der Waals surface area (Å²) in [5, 5.41) is 11.4. The topological polar surface area (TPSA) is 63.1 Å². The summed E-state index contributed by atoms with van der Waals surface area (Å²) >= 11 is 0. The first kappa shape index (κ1) is 34.3. The number of benzene rings is 4. The fourth-order valence-electron chi connectivity index (χ4n) is 5.94. The van der Waals surface area contributed by atoms with Crippen LogP contribution in [-0.2, 0) is 36.5 Å². The monoisotopic (exact) mass is 837 g/mol. The number of carbonyl (C=O) groups is 1. The quantitative estimate of drug-likeness (QED) is 0.0732. The van der Waals surface area contributed by atoms with Crippen molar-refractivity contribution < 1.29 is 47.3 Å². The maximum atomic E-state index is 14.2. The van der Waals surface area contributed by atoms with Crippen LogP contribution in [0.5, 0.6) is 0 Å². The second kappa shape index (κ2) is 16.2. The van der Waals surface area contributed by atoms with Crippen LogP contribution in [0, 0.1) is 17.9 Å². The average Bonchev–Trinajstić information content (AvgIpc) is 3.06. The Morgan fingerprint density at radius 2 is 1.56 bits per heavy atom. The van der Waals surface area contributed by atoms with Crippen LogP contribution < -0.4 is 0 Å². The Labute approximate surface area is 299 Å². The fourth-order valence-corrected chi connectivity index (χ4v) is 5.94. The fraction of sp³-hybridized carbons (Fsp3) is 0.375. The van der Waals surface area contributed by atoms with Gasteiger partial charge in [0.2, 0.25) is 0 Å².